The molecule has 0 aliphatic rings. The zero-order valence-corrected chi connectivity index (χ0v) is 13.4. The van der Waals surface area contributed by atoms with Gasteiger partial charge in [-0.05, 0) is 31.2 Å². The molecule has 116 valence electrons. The van der Waals surface area contributed by atoms with Crippen LogP contribution in [-0.4, -0.2) is 13.3 Å². The number of hydrogen-bond acceptors (Lipinski definition) is 5. The molecule has 0 saturated carbocycles. The van der Waals surface area contributed by atoms with Gasteiger partial charge in [0.1, 0.15) is 4.90 Å². The van der Waals surface area contributed by atoms with Crippen LogP contribution in [-0.2, 0) is 10.1 Å². The van der Waals surface area contributed by atoms with Gasteiger partial charge in [-0.2, -0.15) is 8.42 Å². The van der Waals surface area contributed by atoms with Crippen molar-refractivity contribution in [1.82, 2.24) is 0 Å². The first kappa shape index (κ1) is 16.5. The van der Waals surface area contributed by atoms with E-state index in [1.54, 1.807) is 0 Å². The fraction of sp³-hybridized carbons (Fsp3) is 0.0769. The fourth-order valence-corrected chi connectivity index (χ4v) is 3.11. The molecular weight excluding hydrogens is 353 g/mol. The minimum absolute atomic E-state index is 0.0117. The summed E-state index contributed by atoms with van der Waals surface area (Å²) in [5.74, 6) is -0.116. The third-order valence-corrected chi connectivity index (χ3v) is 4.52. The summed E-state index contributed by atoms with van der Waals surface area (Å²) in [6, 6.07) is 7.53. The Morgan fingerprint density at radius 1 is 1.14 bits per heavy atom. The van der Waals surface area contributed by atoms with E-state index in [0.717, 1.165) is 6.07 Å². The largest absolute Gasteiger partial charge is 0.377 e. The number of aryl methyl sites for hydroxylation is 1. The standard InChI is InChI=1S/C13H9Cl2NO5S/c1-8-2-4-10(7-12(8)16(17)18)22(19,20)21-13-5-3-9(14)6-11(13)15/h2-7H,1H3. The summed E-state index contributed by atoms with van der Waals surface area (Å²) in [5, 5.41) is 11.2. The Morgan fingerprint density at radius 2 is 1.82 bits per heavy atom. The van der Waals surface area contributed by atoms with Crippen LogP contribution in [0.5, 0.6) is 5.75 Å². The summed E-state index contributed by atoms with van der Waals surface area (Å²) in [6.07, 6.45) is 0. The van der Waals surface area contributed by atoms with Crippen LogP contribution in [0, 0.1) is 17.0 Å². The first-order chi connectivity index (χ1) is 10.2. The second-order valence-electron chi connectivity index (χ2n) is 4.32. The zero-order valence-electron chi connectivity index (χ0n) is 11.1. The van der Waals surface area contributed by atoms with Crippen LogP contribution < -0.4 is 4.18 Å². The van der Waals surface area contributed by atoms with E-state index in [9.17, 15) is 18.5 Å². The van der Waals surface area contributed by atoms with Crippen molar-refractivity contribution in [2.75, 3.05) is 0 Å². The summed E-state index contributed by atoms with van der Waals surface area (Å²) in [6.45, 7) is 1.51. The number of nitro benzene ring substituents is 1. The van der Waals surface area contributed by atoms with Crippen LogP contribution in [0.1, 0.15) is 5.56 Å². The summed E-state index contributed by atoms with van der Waals surface area (Å²) in [4.78, 5) is 9.88. The molecule has 0 saturated heterocycles. The lowest BCUT2D eigenvalue weighted by atomic mass is 10.2. The van der Waals surface area contributed by atoms with E-state index in [1.807, 2.05) is 0 Å². The second-order valence-corrected chi connectivity index (χ2v) is 6.71. The summed E-state index contributed by atoms with van der Waals surface area (Å²) in [5.41, 5.74) is 0.0281. The Hall–Kier alpha value is -1.83. The molecule has 22 heavy (non-hydrogen) atoms. The Bertz CT molecular complexity index is 852. The zero-order chi connectivity index (χ0) is 16.5. The molecule has 0 heterocycles. The minimum Gasteiger partial charge on any atom is -0.377 e. The van der Waals surface area contributed by atoms with Gasteiger partial charge in [0.25, 0.3) is 5.69 Å². The van der Waals surface area contributed by atoms with Crippen LogP contribution in [0.3, 0.4) is 0 Å². The van der Waals surface area contributed by atoms with Crippen molar-refractivity contribution >= 4 is 39.0 Å². The normalized spacial score (nSPS) is 11.2. The van der Waals surface area contributed by atoms with E-state index in [0.29, 0.717) is 10.6 Å². The summed E-state index contributed by atoms with van der Waals surface area (Å²) in [7, 11) is -4.25. The maximum atomic E-state index is 12.2. The Morgan fingerprint density at radius 3 is 2.41 bits per heavy atom. The van der Waals surface area contributed by atoms with Gasteiger partial charge < -0.3 is 4.18 Å². The molecule has 0 spiro atoms. The smallest absolute Gasteiger partial charge is 0.339 e. The molecule has 0 fully saturated rings. The highest BCUT2D eigenvalue weighted by Gasteiger charge is 2.22. The lowest BCUT2D eigenvalue weighted by Gasteiger charge is -2.09. The molecule has 2 aromatic carbocycles. The van der Waals surface area contributed by atoms with Crippen LogP contribution in [0.4, 0.5) is 5.69 Å². The van der Waals surface area contributed by atoms with Gasteiger partial charge in [0.05, 0.1) is 9.95 Å². The van der Waals surface area contributed by atoms with Crippen molar-refractivity contribution in [2.45, 2.75) is 11.8 Å². The molecule has 2 aromatic rings. The molecular formula is C13H9Cl2NO5S. The van der Waals surface area contributed by atoms with Gasteiger partial charge in [-0.15, -0.1) is 0 Å². The first-order valence-corrected chi connectivity index (χ1v) is 8.02. The highest BCUT2D eigenvalue weighted by molar-refractivity contribution is 7.87. The maximum Gasteiger partial charge on any atom is 0.339 e. The van der Waals surface area contributed by atoms with E-state index >= 15 is 0 Å². The lowest BCUT2D eigenvalue weighted by Crippen LogP contribution is -2.10. The summed E-state index contributed by atoms with van der Waals surface area (Å²) >= 11 is 11.6. The molecule has 0 atom stereocenters. The lowest BCUT2D eigenvalue weighted by molar-refractivity contribution is -0.385. The molecule has 9 heteroatoms. The van der Waals surface area contributed by atoms with Crippen molar-refractivity contribution in [3.8, 4) is 5.75 Å². The van der Waals surface area contributed by atoms with Gasteiger partial charge >= 0.3 is 10.1 Å². The van der Waals surface area contributed by atoms with Crippen molar-refractivity contribution in [3.05, 3.63) is 62.1 Å². The first-order valence-electron chi connectivity index (χ1n) is 5.85. The monoisotopic (exact) mass is 361 g/mol. The second kappa shape index (κ2) is 6.12. The third kappa shape index (κ3) is 3.49. The Labute approximate surface area is 136 Å². The summed E-state index contributed by atoms with van der Waals surface area (Å²) < 4.78 is 29.3. The Balaban J connectivity index is 2.42. The quantitative estimate of drug-likeness (QED) is 0.467. The third-order valence-electron chi connectivity index (χ3n) is 2.76. The highest BCUT2D eigenvalue weighted by Crippen LogP contribution is 2.31. The van der Waals surface area contributed by atoms with E-state index < -0.39 is 15.0 Å². The number of halogens is 2. The molecule has 0 aliphatic carbocycles. The minimum atomic E-state index is -4.25. The van der Waals surface area contributed by atoms with Crippen LogP contribution >= 0.6 is 23.2 Å². The van der Waals surface area contributed by atoms with Crippen molar-refractivity contribution in [2.24, 2.45) is 0 Å². The van der Waals surface area contributed by atoms with Crippen molar-refractivity contribution in [3.63, 3.8) is 0 Å². The van der Waals surface area contributed by atoms with Gasteiger partial charge in [0, 0.05) is 16.7 Å². The van der Waals surface area contributed by atoms with E-state index in [2.05, 4.69) is 0 Å². The predicted molar refractivity (Wildman–Crippen MR) is 82.1 cm³/mol. The van der Waals surface area contributed by atoms with Gasteiger partial charge in [-0.3, -0.25) is 10.1 Å². The van der Waals surface area contributed by atoms with Gasteiger partial charge in [0.15, 0.2) is 5.75 Å². The van der Waals surface area contributed by atoms with Gasteiger partial charge in [-0.25, -0.2) is 0 Å². The number of nitro groups is 1. The maximum absolute atomic E-state index is 12.2. The number of benzene rings is 2. The van der Waals surface area contributed by atoms with Gasteiger partial charge in [0.2, 0.25) is 0 Å². The van der Waals surface area contributed by atoms with Crippen LogP contribution in [0.25, 0.3) is 0 Å². The van der Waals surface area contributed by atoms with Crippen LogP contribution in [0.15, 0.2) is 41.3 Å². The Kier molecular flexibility index (Phi) is 4.60. The van der Waals surface area contributed by atoms with E-state index in [-0.39, 0.29) is 21.4 Å². The number of rotatable bonds is 4. The molecule has 0 unspecified atom stereocenters. The van der Waals surface area contributed by atoms with Crippen molar-refractivity contribution < 1.29 is 17.5 Å². The van der Waals surface area contributed by atoms with E-state index in [1.165, 1.54) is 37.3 Å². The molecule has 0 bridgehead atoms. The molecule has 0 amide bonds. The molecule has 0 aliphatic heterocycles. The highest BCUT2D eigenvalue weighted by atomic mass is 35.5. The topological polar surface area (TPSA) is 86.5 Å². The fourth-order valence-electron chi connectivity index (χ4n) is 1.65. The SMILES string of the molecule is Cc1ccc(S(=O)(=O)Oc2ccc(Cl)cc2Cl)cc1[N+](=O)[O-]. The molecule has 2 rings (SSSR count). The molecule has 0 radical (unpaired) electrons. The van der Waals surface area contributed by atoms with E-state index in [4.69, 9.17) is 27.4 Å². The van der Waals surface area contributed by atoms with Gasteiger partial charge in [-0.1, -0.05) is 29.3 Å². The predicted octanol–water partition coefficient (Wildman–Crippen LogP) is 3.98. The van der Waals surface area contributed by atoms with Crippen LogP contribution in [0.2, 0.25) is 10.0 Å². The molecule has 6 nitrogen and oxygen atoms in total. The van der Waals surface area contributed by atoms with Crippen molar-refractivity contribution in [1.29, 1.82) is 0 Å². The average molecular weight is 362 g/mol. The number of hydrogen-bond donors (Lipinski definition) is 0. The molecule has 0 N–H and O–H groups in total. The average Bonchev–Trinajstić information content (AvgIpc) is 2.42. The molecule has 0 aromatic heterocycles. The number of nitrogens with zero attached hydrogens (tertiary/aromatic N) is 1.